The normalized spacial score (nSPS) is 16.3. The molecule has 0 saturated carbocycles. The first kappa shape index (κ1) is 25.1. The third-order valence-corrected chi connectivity index (χ3v) is 9.96. The van der Waals surface area contributed by atoms with Crippen LogP contribution in [0, 0.1) is 0 Å². The Hall–Kier alpha value is -2.56. The summed E-state index contributed by atoms with van der Waals surface area (Å²) in [5, 5.41) is 4.26. The molecule has 1 aliphatic rings. The van der Waals surface area contributed by atoms with E-state index in [1.54, 1.807) is 46.9 Å². The van der Waals surface area contributed by atoms with Gasteiger partial charge in [0.25, 0.3) is 0 Å². The highest BCUT2D eigenvalue weighted by molar-refractivity contribution is 7.89. The van der Waals surface area contributed by atoms with E-state index >= 15 is 0 Å². The number of hydrogen-bond acceptors (Lipinski definition) is 6. The van der Waals surface area contributed by atoms with Crippen molar-refractivity contribution < 1.29 is 13.2 Å². The second kappa shape index (κ2) is 11.2. The number of rotatable bonds is 8. The molecule has 36 heavy (non-hydrogen) atoms. The summed E-state index contributed by atoms with van der Waals surface area (Å²) in [6.45, 7) is 3.87. The zero-order valence-corrected chi connectivity index (χ0v) is 22.6. The van der Waals surface area contributed by atoms with Crippen molar-refractivity contribution in [3.05, 3.63) is 87.9 Å². The standard InChI is InChI=1S/C27H29N3O3S3/c1-21(9-10-22-6-3-2-4-7-22)30-25(26-8-5-19-34-26)20-35-27(30)28-23-11-13-24(14-12-23)36(31,32)29-15-17-33-18-16-29/h2-8,11-14,19-21H,9-10,15-18H2,1H3. The van der Waals surface area contributed by atoms with Crippen LogP contribution in [0.4, 0.5) is 5.69 Å². The Bertz CT molecular complexity index is 1440. The lowest BCUT2D eigenvalue weighted by atomic mass is 10.1. The quantitative estimate of drug-likeness (QED) is 0.287. The van der Waals surface area contributed by atoms with E-state index in [4.69, 9.17) is 9.73 Å². The van der Waals surface area contributed by atoms with Gasteiger partial charge in [-0.3, -0.25) is 0 Å². The van der Waals surface area contributed by atoms with Gasteiger partial charge in [0.2, 0.25) is 10.0 Å². The summed E-state index contributed by atoms with van der Waals surface area (Å²) in [7, 11) is -3.52. The van der Waals surface area contributed by atoms with Gasteiger partial charge < -0.3 is 9.30 Å². The number of ether oxygens (including phenoxy) is 1. The first-order chi connectivity index (χ1) is 17.5. The van der Waals surface area contributed by atoms with Gasteiger partial charge in [-0.25, -0.2) is 13.4 Å². The molecule has 188 valence electrons. The molecule has 4 aromatic rings. The Balaban J connectivity index is 1.44. The molecular formula is C27H29N3O3S3. The van der Waals surface area contributed by atoms with Crippen molar-refractivity contribution in [2.45, 2.75) is 30.7 Å². The molecular weight excluding hydrogens is 511 g/mol. The summed E-state index contributed by atoms with van der Waals surface area (Å²) < 4.78 is 35.0. The molecule has 6 nitrogen and oxygen atoms in total. The third kappa shape index (κ3) is 5.55. The molecule has 1 unspecified atom stereocenters. The number of nitrogens with zero attached hydrogens (tertiary/aromatic N) is 3. The highest BCUT2D eigenvalue weighted by atomic mass is 32.2. The van der Waals surface area contributed by atoms with Crippen LogP contribution in [-0.4, -0.2) is 43.6 Å². The van der Waals surface area contributed by atoms with Gasteiger partial charge in [0.15, 0.2) is 4.80 Å². The van der Waals surface area contributed by atoms with Gasteiger partial charge in [0.1, 0.15) is 0 Å². The van der Waals surface area contributed by atoms with Gasteiger partial charge in [0, 0.05) is 24.5 Å². The highest BCUT2D eigenvalue weighted by Gasteiger charge is 2.26. The number of morpholine rings is 1. The minimum absolute atomic E-state index is 0.244. The number of thiazole rings is 1. The van der Waals surface area contributed by atoms with E-state index in [1.165, 1.54) is 20.4 Å². The highest BCUT2D eigenvalue weighted by Crippen LogP contribution is 2.29. The Labute approximate surface area is 220 Å². The van der Waals surface area contributed by atoms with E-state index in [2.05, 4.69) is 58.6 Å². The monoisotopic (exact) mass is 539 g/mol. The fraction of sp³-hybridized carbons (Fsp3) is 0.296. The zero-order chi connectivity index (χ0) is 25.0. The van der Waals surface area contributed by atoms with Crippen molar-refractivity contribution in [1.29, 1.82) is 0 Å². The van der Waals surface area contributed by atoms with Crippen LogP contribution in [-0.2, 0) is 21.2 Å². The van der Waals surface area contributed by atoms with Crippen LogP contribution in [0.1, 0.15) is 24.9 Å². The molecule has 0 aliphatic carbocycles. The van der Waals surface area contributed by atoms with E-state index in [0.717, 1.165) is 23.3 Å². The first-order valence-electron chi connectivity index (χ1n) is 12.0. The van der Waals surface area contributed by atoms with Crippen LogP contribution in [0.15, 0.2) is 87.4 Å². The molecule has 0 radical (unpaired) electrons. The summed E-state index contributed by atoms with van der Waals surface area (Å²) >= 11 is 3.34. The first-order valence-corrected chi connectivity index (χ1v) is 15.2. The van der Waals surface area contributed by atoms with Gasteiger partial charge in [-0.1, -0.05) is 36.4 Å². The Morgan fingerprint density at radius 2 is 1.72 bits per heavy atom. The summed E-state index contributed by atoms with van der Waals surface area (Å²) in [6, 6.07) is 21.9. The maximum Gasteiger partial charge on any atom is 0.243 e. The van der Waals surface area contributed by atoms with Gasteiger partial charge in [-0.15, -0.1) is 22.7 Å². The molecule has 3 heterocycles. The molecule has 0 bridgehead atoms. The average molecular weight is 540 g/mol. The summed E-state index contributed by atoms with van der Waals surface area (Å²) in [5.41, 5.74) is 3.23. The van der Waals surface area contributed by atoms with Crippen LogP contribution in [0.3, 0.4) is 0 Å². The second-order valence-electron chi connectivity index (χ2n) is 8.75. The minimum Gasteiger partial charge on any atom is -0.379 e. The average Bonchev–Trinajstić information content (AvgIpc) is 3.59. The van der Waals surface area contributed by atoms with E-state index in [1.807, 2.05) is 6.07 Å². The lowest BCUT2D eigenvalue weighted by Crippen LogP contribution is -2.40. The fourth-order valence-electron chi connectivity index (χ4n) is 4.32. The van der Waals surface area contributed by atoms with Crippen LogP contribution in [0.5, 0.6) is 0 Å². The molecule has 0 amide bonds. The summed E-state index contributed by atoms with van der Waals surface area (Å²) in [4.78, 5) is 7.35. The van der Waals surface area contributed by atoms with Crippen LogP contribution in [0.2, 0.25) is 0 Å². The molecule has 2 aromatic heterocycles. The molecule has 0 spiro atoms. The van der Waals surface area contributed by atoms with Crippen LogP contribution < -0.4 is 4.80 Å². The number of benzene rings is 2. The van der Waals surface area contributed by atoms with Crippen molar-refractivity contribution >= 4 is 38.4 Å². The molecule has 1 atom stereocenters. The molecule has 1 fully saturated rings. The van der Waals surface area contributed by atoms with Crippen LogP contribution >= 0.6 is 22.7 Å². The lowest BCUT2D eigenvalue weighted by Gasteiger charge is -2.26. The largest absolute Gasteiger partial charge is 0.379 e. The fourth-order valence-corrected chi connectivity index (χ4v) is 7.55. The predicted octanol–water partition coefficient (Wildman–Crippen LogP) is 5.73. The van der Waals surface area contributed by atoms with Gasteiger partial charge in [-0.05, 0) is 61.0 Å². The predicted molar refractivity (Wildman–Crippen MR) is 146 cm³/mol. The van der Waals surface area contributed by atoms with E-state index < -0.39 is 10.0 Å². The molecule has 5 rings (SSSR count). The zero-order valence-electron chi connectivity index (χ0n) is 20.1. The molecule has 1 saturated heterocycles. The second-order valence-corrected chi connectivity index (χ2v) is 12.5. The number of hydrogen-bond donors (Lipinski definition) is 0. The summed E-state index contributed by atoms with van der Waals surface area (Å²) in [6.07, 6.45) is 1.98. The minimum atomic E-state index is -3.52. The Morgan fingerprint density at radius 3 is 2.42 bits per heavy atom. The van der Waals surface area contributed by atoms with Crippen molar-refractivity contribution in [1.82, 2.24) is 8.87 Å². The smallest absolute Gasteiger partial charge is 0.243 e. The topological polar surface area (TPSA) is 63.9 Å². The van der Waals surface area contributed by atoms with Crippen molar-refractivity contribution in [3.8, 4) is 10.6 Å². The molecule has 0 N–H and O–H groups in total. The number of sulfonamides is 1. The Morgan fingerprint density at radius 1 is 0.972 bits per heavy atom. The number of thiophene rings is 1. The van der Waals surface area contributed by atoms with E-state index in [9.17, 15) is 8.42 Å². The maximum atomic E-state index is 13.0. The van der Waals surface area contributed by atoms with Crippen molar-refractivity contribution in [2.75, 3.05) is 26.3 Å². The van der Waals surface area contributed by atoms with Crippen molar-refractivity contribution in [3.63, 3.8) is 0 Å². The van der Waals surface area contributed by atoms with E-state index in [-0.39, 0.29) is 10.9 Å². The summed E-state index contributed by atoms with van der Waals surface area (Å²) in [5.74, 6) is 0. The van der Waals surface area contributed by atoms with E-state index in [0.29, 0.717) is 26.3 Å². The number of aryl methyl sites for hydroxylation is 1. The molecule has 9 heteroatoms. The lowest BCUT2D eigenvalue weighted by molar-refractivity contribution is 0.0730. The number of aromatic nitrogens is 1. The van der Waals surface area contributed by atoms with Crippen LogP contribution in [0.25, 0.3) is 10.6 Å². The third-order valence-electron chi connectivity index (χ3n) is 6.32. The SMILES string of the molecule is CC(CCc1ccccc1)n1c(-c2cccs2)csc1=Nc1ccc(S(=O)(=O)N2CCOCC2)cc1. The van der Waals surface area contributed by atoms with Gasteiger partial charge >= 0.3 is 0 Å². The van der Waals surface area contributed by atoms with Gasteiger partial charge in [0.05, 0.1) is 34.4 Å². The Kier molecular flexibility index (Phi) is 7.83. The van der Waals surface area contributed by atoms with Crippen molar-refractivity contribution in [2.24, 2.45) is 4.99 Å². The molecule has 2 aromatic carbocycles. The molecule has 1 aliphatic heterocycles. The maximum absolute atomic E-state index is 13.0. The van der Waals surface area contributed by atoms with Gasteiger partial charge in [-0.2, -0.15) is 4.31 Å².